The van der Waals surface area contributed by atoms with Crippen molar-refractivity contribution in [1.82, 2.24) is 5.32 Å². The number of anilines is 2. The van der Waals surface area contributed by atoms with Crippen LogP contribution in [0, 0.1) is 0 Å². The first-order chi connectivity index (χ1) is 14.1. The first kappa shape index (κ1) is 19.0. The molecule has 2 saturated heterocycles. The molecule has 29 heavy (non-hydrogen) atoms. The molecule has 0 saturated carbocycles. The number of amides is 4. The molecule has 4 rings (SSSR count). The molecule has 0 radical (unpaired) electrons. The Morgan fingerprint density at radius 2 is 1.72 bits per heavy atom. The summed E-state index contributed by atoms with van der Waals surface area (Å²) in [6.07, 6.45) is 5.69. The lowest BCUT2D eigenvalue weighted by Gasteiger charge is -2.26. The van der Waals surface area contributed by atoms with Gasteiger partial charge in [-0.15, -0.1) is 0 Å². The summed E-state index contributed by atoms with van der Waals surface area (Å²) in [7, 11) is 0. The fourth-order valence-electron chi connectivity index (χ4n) is 3.62. The molecule has 2 aliphatic heterocycles. The van der Waals surface area contributed by atoms with Crippen molar-refractivity contribution in [1.29, 1.82) is 0 Å². The van der Waals surface area contributed by atoms with Gasteiger partial charge >= 0.3 is 6.03 Å². The van der Waals surface area contributed by atoms with E-state index >= 15 is 0 Å². The van der Waals surface area contributed by atoms with Gasteiger partial charge in [-0.3, -0.25) is 14.9 Å². The number of nitrogens with zero attached hydrogens (tertiary/aromatic N) is 2. The van der Waals surface area contributed by atoms with Crippen LogP contribution in [0.15, 0.2) is 46.4 Å². The van der Waals surface area contributed by atoms with Crippen molar-refractivity contribution in [2.24, 2.45) is 0 Å². The summed E-state index contributed by atoms with van der Waals surface area (Å²) in [6, 6.07) is 9.93. The zero-order chi connectivity index (χ0) is 20.4. The summed E-state index contributed by atoms with van der Waals surface area (Å²) in [6.45, 7) is 3.88. The van der Waals surface area contributed by atoms with E-state index in [0.717, 1.165) is 48.7 Å². The molecule has 0 atom stereocenters. The standard InChI is InChI=1S/C22H23N3O4/c1-2-15-6-8-16(9-7-15)25-21(27)18(20(26)23-22(25)28)14-17-10-11-19(29-17)24-12-4-3-5-13-24/h6-11,14H,2-5,12-13H2,1H3,(H,23,26,28)/b18-14+. The van der Waals surface area contributed by atoms with E-state index < -0.39 is 17.8 Å². The zero-order valence-corrected chi connectivity index (χ0v) is 16.3. The molecule has 0 aliphatic carbocycles. The SMILES string of the molecule is CCc1ccc(N2C(=O)NC(=O)/C(=C\c3ccc(N4CCCCC4)o3)C2=O)cc1. The van der Waals surface area contributed by atoms with Gasteiger partial charge in [0.25, 0.3) is 11.8 Å². The van der Waals surface area contributed by atoms with Gasteiger partial charge in [-0.1, -0.05) is 19.1 Å². The minimum Gasteiger partial charge on any atom is -0.441 e. The van der Waals surface area contributed by atoms with Crippen LogP contribution in [0.4, 0.5) is 16.4 Å². The average Bonchev–Trinajstić information content (AvgIpc) is 3.21. The van der Waals surface area contributed by atoms with Gasteiger partial charge in [0.2, 0.25) is 0 Å². The maximum Gasteiger partial charge on any atom is 0.335 e. The molecule has 150 valence electrons. The molecule has 3 heterocycles. The second-order valence-corrected chi connectivity index (χ2v) is 7.20. The van der Waals surface area contributed by atoms with Gasteiger partial charge in [0.15, 0.2) is 5.88 Å². The van der Waals surface area contributed by atoms with Crippen LogP contribution >= 0.6 is 0 Å². The third kappa shape index (κ3) is 3.81. The number of furan rings is 1. The predicted molar refractivity (Wildman–Crippen MR) is 110 cm³/mol. The number of nitrogens with one attached hydrogen (secondary N) is 1. The van der Waals surface area contributed by atoms with Crippen LogP contribution < -0.4 is 15.1 Å². The molecule has 0 spiro atoms. The Labute approximate surface area is 169 Å². The first-order valence-electron chi connectivity index (χ1n) is 9.92. The molecular formula is C22H23N3O4. The third-order valence-corrected chi connectivity index (χ3v) is 5.27. The zero-order valence-electron chi connectivity index (χ0n) is 16.3. The lowest BCUT2D eigenvalue weighted by atomic mass is 10.1. The number of rotatable bonds is 4. The molecule has 2 fully saturated rings. The van der Waals surface area contributed by atoms with Crippen molar-refractivity contribution in [3.63, 3.8) is 0 Å². The van der Waals surface area contributed by atoms with E-state index in [1.807, 2.05) is 25.1 Å². The van der Waals surface area contributed by atoms with Gasteiger partial charge < -0.3 is 9.32 Å². The van der Waals surface area contributed by atoms with Gasteiger partial charge in [-0.25, -0.2) is 9.69 Å². The second-order valence-electron chi connectivity index (χ2n) is 7.20. The molecular weight excluding hydrogens is 370 g/mol. The Kier molecular flexibility index (Phi) is 5.20. The van der Waals surface area contributed by atoms with Crippen LogP contribution in [0.2, 0.25) is 0 Å². The number of benzene rings is 1. The fourth-order valence-corrected chi connectivity index (χ4v) is 3.62. The summed E-state index contributed by atoms with van der Waals surface area (Å²) in [5, 5.41) is 2.23. The smallest absolute Gasteiger partial charge is 0.335 e. The summed E-state index contributed by atoms with van der Waals surface area (Å²) < 4.78 is 5.83. The average molecular weight is 393 g/mol. The first-order valence-corrected chi connectivity index (χ1v) is 9.92. The lowest BCUT2D eigenvalue weighted by Crippen LogP contribution is -2.54. The van der Waals surface area contributed by atoms with E-state index in [2.05, 4.69) is 10.2 Å². The van der Waals surface area contributed by atoms with E-state index in [0.29, 0.717) is 11.4 Å². The minimum atomic E-state index is -0.755. The van der Waals surface area contributed by atoms with Gasteiger partial charge in [0.05, 0.1) is 5.69 Å². The molecule has 0 bridgehead atoms. The van der Waals surface area contributed by atoms with E-state index in [9.17, 15) is 14.4 Å². The Morgan fingerprint density at radius 1 is 1.00 bits per heavy atom. The summed E-state index contributed by atoms with van der Waals surface area (Å²) in [4.78, 5) is 40.7. The maximum atomic E-state index is 12.9. The van der Waals surface area contributed by atoms with Gasteiger partial charge in [-0.2, -0.15) is 0 Å². The van der Waals surface area contributed by atoms with Crippen LogP contribution in [0.5, 0.6) is 0 Å². The van der Waals surface area contributed by atoms with Crippen LogP contribution in [0.1, 0.15) is 37.5 Å². The second kappa shape index (κ2) is 7.95. The molecule has 1 aromatic carbocycles. The number of carbonyl (C=O) groups is 3. The van der Waals surface area contributed by atoms with Gasteiger partial charge in [0.1, 0.15) is 11.3 Å². The number of carbonyl (C=O) groups excluding carboxylic acids is 3. The number of barbiturate groups is 1. The molecule has 4 amide bonds. The topological polar surface area (TPSA) is 82.9 Å². The summed E-state index contributed by atoms with van der Waals surface area (Å²) >= 11 is 0. The Balaban J connectivity index is 1.60. The van der Waals surface area contributed by atoms with E-state index in [1.165, 1.54) is 12.5 Å². The van der Waals surface area contributed by atoms with Crippen molar-refractivity contribution in [3.8, 4) is 0 Å². The lowest BCUT2D eigenvalue weighted by molar-refractivity contribution is -0.122. The molecule has 1 N–H and O–H groups in total. The van der Waals surface area contributed by atoms with Gasteiger partial charge in [0, 0.05) is 19.2 Å². The predicted octanol–water partition coefficient (Wildman–Crippen LogP) is 3.50. The molecule has 1 aromatic heterocycles. The molecule has 2 aliphatic rings. The number of hydrogen-bond donors (Lipinski definition) is 1. The van der Waals surface area contributed by atoms with Crippen molar-refractivity contribution in [2.45, 2.75) is 32.6 Å². The van der Waals surface area contributed by atoms with Gasteiger partial charge in [-0.05, 0) is 55.5 Å². The van der Waals surface area contributed by atoms with Crippen LogP contribution in [0.3, 0.4) is 0 Å². The van der Waals surface area contributed by atoms with Crippen LogP contribution in [0.25, 0.3) is 6.08 Å². The Morgan fingerprint density at radius 3 is 2.41 bits per heavy atom. The minimum absolute atomic E-state index is 0.135. The Bertz CT molecular complexity index is 968. The van der Waals surface area contributed by atoms with Crippen molar-refractivity contribution in [2.75, 3.05) is 22.9 Å². The van der Waals surface area contributed by atoms with E-state index in [4.69, 9.17) is 4.42 Å². The maximum absolute atomic E-state index is 12.9. The third-order valence-electron chi connectivity index (χ3n) is 5.27. The number of aryl methyl sites for hydroxylation is 1. The summed E-state index contributed by atoms with van der Waals surface area (Å²) in [5.74, 6) is -0.265. The fraction of sp³-hybridized carbons (Fsp3) is 0.318. The summed E-state index contributed by atoms with van der Waals surface area (Å²) in [5.41, 5.74) is 1.37. The number of piperidine rings is 1. The van der Waals surface area contributed by atoms with Crippen molar-refractivity contribution >= 4 is 35.5 Å². The molecule has 7 heteroatoms. The van der Waals surface area contributed by atoms with E-state index in [-0.39, 0.29) is 5.57 Å². The normalized spacial score (nSPS) is 19.1. The highest BCUT2D eigenvalue weighted by Gasteiger charge is 2.37. The molecule has 7 nitrogen and oxygen atoms in total. The number of hydrogen-bond acceptors (Lipinski definition) is 5. The van der Waals surface area contributed by atoms with Crippen LogP contribution in [-0.4, -0.2) is 30.9 Å². The number of urea groups is 1. The highest BCUT2D eigenvalue weighted by Crippen LogP contribution is 2.26. The molecule has 2 aromatic rings. The Hall–Kier alpha value is -3.35. The quantitative estimate of drug-likeness (QED) is 0.635. The van der Waals surface area contributed by atoms with Crippen molar-refractivity contribution in [3.05, 3.63) is 53.3 Å². The molecule has 0 unspecified atom stereocenters. The highest BCUT2D eigenvalue weighted by molar-refractivity contribution is 6.39. The monoisotopic (exact) mass is 393 g/mol. The largest absolute Gasteiger partial charge is 0.441 e. The number of imide groups is 2. The van der Waals surface area contributed by atoms with Crippen LogP contribution in [-0.2, 0) is 16.0 Å². The highest BCUT2D eigenvalue weighted by atomic mass is 16.4. The van der Waals surface area contributed by atoms with E-state index in [1.54, 1.807) is 18.2 Å². The van der Waals surface area contributed by atoms with Crippen molar-refractivity contribution < 1.29 is 18.8 Å².